The van der Waals surface area contributed by atoms with Gasteiger partial charge in [0.25, 0.3) is 0 Å². The topological polar surface area (TPSA) is 104 Å². The molecule has 1 aromatic carbocycles. The van der Waals surface area contributed by atoms with Gasteiger partial charge in [0.05, 0.1) is 23.3 Å². The molecule has 2 aliphatic rings. The van der Waals surface area contributed by atoms with Crippen molar-refractivity contribution in [3.8, 4) is 11.1 Å². The molecule has 0 saturated heterocycles. The fourth-order valence-electron chi connectivity index (χ4n) is 5.19. The summed E-state index contributed by atoms with van der Waals surface area (Å²) < 4.78 is 5.33. The van der Waals surface area contributed by atoms with Crippen molar-refractivity contribution in [3.05, 3.63) is 34.2 Å². The van der Waals surface area contributed by atoms with Crippen molar-refractivity contribution < 1.29 is 24.3 Å². The molecule has 7 heteroatoms. The molecule has 1 aliphatic carbocycles. The summed E-state index contributed by atoms with van der Waals surface area (Å²) in [5.74, 6) is 0.451. The van der Waals surface area contributed by atoms with Gasteiger partial charge < -0.3 is 14.7 Å². The van der Waals surface area contributed by atoms with E-state index < -0.39 is 17.0 Å². The van der Waals surface area contributed by atoms with Crippen LogP contribution in [0.3, 0.4) is 0 Å². The molecule has 1 aliphatic heterocycles. The van der Waals surface area contributed by atoms with E-state index in [4.69, 9.17) is 4.52 Å². The van der Waals surface area contributed by atoms with E-state index in [1.54, 1.807) is 20.8 Å². The van der Waals surface area contributed by atoms with Crippen molar-refractivity contribution in [2.45, 2.75) is 71.4 Å². The molecule has 0 saturated carbocycles. The van der Waals surface area contributed by atoms with Crippen LogP contribution in [0.2, 0.25) is 0 Å². The molecule has 29 heavy (non-hydrogen) atoms. The minimum absolute atomic E-state index is 0.145. The quantitative estimate of drug-likeness (QED) is 0.798. The molecular formula is C22H26N2O5. The molecule has 0 spiro atoms. The lowest BCUT2D eigenvalue weighted by atomic mass is 9.67. The van der Waals surface area contributed by atoms with Crippen molar-refractivity contribution in [2.75, 3.05) is 4.90 Å². The maximum absolute atomic E-state index is 13.4. The Morgan fingerprint density at radius 2 is 1.90 bits per heavy atom. The van der Waals surface area contributed by atoms with E-state index in [1.165, 1.54) is 4.90 Å². The number of Topliss-reactive ketones (excluding diaryl/α,β-unsaturated/α-hetero) is 1. The van der Waals surface area contributed by atoms with E-state index >= 15 is 0 Å². The van der Waals surface area contributed by atoms with Crippen molar-refractivity contribution in [1.29, 1.82) is 0 Å². The first-order valence-electron chi connectivity index (χ1n) is 9.87. The number of rotatable bonds is 2. The van der Waals surface area contributed by atoms with Gasteiger partial charge in [-0.3, -0.25) is 9.69 Å². The van der Waals surface area contributed by atoms with Gasteiger partial charge in [0, 0.05) is 0 Å². The number of nitrogens with zero attached hydrogens (tertiary/aromatic N) is 2. The third-order valence-electron chi connectivity index (χ3n) is 6.50. The summed E-state index contributed by atoms with van der Waals surface area (Å²) in [6, 6.07) is 1.92. The lowest BCUT2D eigenvalue weighted by Gasteiger charge is -2.48. The number of aliphatic hydroxyl groups excluding tert-OH is 1. The largest absolute Gasteiger partial charge is 0.465 e. The first-order chi connectivity index (χ1) is 13.5. The van der Waals surface area contributed by atoms with Crippen molar-refractivity contribution in [2.24, 2.45) is 0 Å². The average Bonchev–Trinajstić information content (AvgIpc) is 3.26. The van der Waals surface area contributed by atoms with E-state index in [1.807, 2.05) is 19.9 Å². The molecule has 0 unspecified atom stereocenters. The molecule has 0 bridgehead atoms. The van der Waals surface area contributed by atoms with Crippen LogP contribution in [-0.2, 0) is 29.7 Å². The zero-order valence-corrected chi connectivity index (χ0v) is 17.4. The van der Waals surface area contributed by atoms with Gasteiger partial charge in [0.1, 0.15) is 17.0 Å². The number of aliphatic hydroxyl groups is 1. The number of ketones is 1. The molecule has 0 radical (unpaired) electrons. The summed E-state index contributed by atoms with van der Waals surface area (Å²) in [6.07, 6.45) is 1.32. The van der Waals surface area contributed by atoms with Crippen molar-refractivity contribution >= 4 is 17.6 Å². The van der Waals surface area contributed by atoms with Crippen LogP contribution < -0.4 is 4.90 Å². The maximum Gasteiger partial charge on any atom is 0.412 e. The van der Waals surface area contributed by atoms with Crippen LogP contribution in [0.1, 0.15) is 62.3 Å². The summed E-state index contributed by atoms with van der Waals surface area (Å²) in [4.78, 5) is 26.9. The Balaban J connectivity index is 2.12. The normalized spacial score (nSPS) is 19.2. The highest BCUT2D eigenvalue weighted by molar-refractivity contribution is 6.11. The Bertz CT molecular complexity index is 1050. The molecule has 0 fully saturated rings. The number of amides is 1. The summed E-state index contributed by atoms with van der Waals surface area (Å²) in [5.41, 5.74) is 3.41. The summed E-state index contributed by atoms with van der Waals surface area (Å²) in [7, 11) is 0. The highest BCUT2D eigenvalue weighted by Gasteiger charge is 2.54. The molecule has 1 aromatic heterocycles. The summed E-state index contributed by atoms with van der Waals surface area (Å²) in [5, 5.41) is 23.8. The number of carbonyl (C=O) groups excluding carboxylic acids is 1. The van der Waals surface area contributed by atoms with Gasteiger partial charge in [-0.25, -0.2) is 4.79 Å². The second-order valence-electron chi connectivity index (χ2n) is 8.98. The molecule has 2 aromatic rings. The van der Waals surface area contributed by atoms with Crippen molar-refractivity contribution in [1.82, 2.24) is 5.16 Å². The van der Waals surface area contributed by atoms with Crippen LogP contribution >= 0.6 is 0 Å². The minimum atomic E-state index is -1.16. The van der Waals surface area contributed by atoms with Crippen LogP contribution in [0.5, 0.6) is 0 Å². The molecule has 4 rings (SSSR count). The highest BCUT2D eigenvalue weighted by atomic mass is 16.5. The minimum Gasteiger partial charge on any atom is -0.465 e. The molecule has 1 amide bonds. The predicted molar refractivity (Wildman–Crippen MR) is 107 cm³/mol. The van der Waals surface area contributed by atoms with Crippen LogP contribution in [0.4, 0.5) is 10.5 Å². The summed E-state index contributed by atoms with van der Waals surface area (Å²) in [6.45, 7) is 8.61. The molecular weight excluding hydrogens is 372 g/mol. The number of anilines is 1. The van der Waals surface area contributed by atoms with Gasteiger partial charge >= 0.3 is 6.09 Å². The zero-order valence-electron chi connectivity index (χ0n) is 17.4. The molecule has 2 heterocycles. The fourth-order valence-corrected chi connectivity index (χ4v) is 5.19. The number of aryl methyl sites for hydroxylation is 1. The second kappa shape index (κ2) is 6.16. The second-order valence-corrected chi connectivity index (χ2v) is 8.98. The van der Waals surface area contributed by atoms with Gasteiger partial charge in [0.2, 0.25) is 0 Å². The third-order valence-corrected chi connectivity index (χ3v) is 6.50. The lowest BCUT2D eigenvalue weighted by Crippen LogP contribution is -2.62. The molecule has 7 nitrogen and oxygen atoms in total. The highest BCUT2D eigenvalue weighted by Crippen LogP contribution is 2.51. The number of hydrogen-bond donors (Lipinski definition) is 2. The number of hydrogen-bond acceptors (Lipinski definition) is 5. The Hall–Kier alpha value is -2.67. The van der Waals surface area contributed by atoms with Gasteiger partial charge in [0.15, 0.2) is 5.78 Å². The number of benzene rings is 1. The number of carbonyl (C=O) groups is 2. The van der Waals surface area contributed by atoms with E-state index in [0.29, 0.717) is 22.7 Å². The van der Waals surface area contributed by atoms with E-state index in [-0.39, 0.29) is 12.4 Å². The molecule has 2 N–H and O–H groups in total. The van der Waals surface area contributed by atoms with Gasteiger partial charge in [-0.2, -0.15) is 0 Å². The first kappa shape index (κ1) is 19.6. The van der Waals surface area contributed by atoms with Crippen LogP contribution in [0, 0.1) is 6.92 Å². The lowest BCUT2D eigenvalue weighted by molar-refractivity contribution is -0.128. The molecule has 154 valence electrons. The van der Waals surface area contributed by atoms with Gasteiger partial charge in [-0.1, -0.05) is 5.16 Å². The van der Waals surface area contributed by atoms with E-state index in [9.17, 15) is 19.8 Å². The monoisotopic (exact) mass is 398 g/mol. The van der Waals surface area contributed by atoms with E-state index in [2.05, 4.69) is 5.16 Å². The number of aromatic nitrogens is 1. The number of fused-ring (bicyclic) bond motifs is 3. The maximum atomic E-state index is 13.4. The fraction of sp³-hybridized carbons (Fsp3) is 0.500. The Kier molecular flexibility index (Phi) is 4.17. The van der Waals surface area contributed by atoms with Crippen LogP contribution in [0.25, 0.3) is 11.1 Å². The smallest absolute Gasteiger partial charge is 0.412 e. The summed E-state index contributed by atoms with van der Waals surface area (Å²) >= 11 is 0. The Morgan fingerprint density at radius 1 is 1.24 bits per heavy atom. The van der Waals surface area contributed by atoms with Crippen molar-refractivity contribution in [3.63, 3.8) is 0 Å². The van der Waals surface area contributed by atoms with Gasteiger partial charge in [-0.15, -0.1) is 0 Å². The van der Waals surface area contributed by atoms with Gasteiger partial charge in [-0.05, 0) is 82.2 Å². The third kappa shape index (κ3) is 2.50. The van der Waals surface area contributed by atoms with Crippen LogP contribution in [0.15, 0.2) is 10.6 Å². The van der Waals surface area contributed by atoms with E-state index in [0.717, 1.165) is 41.5 Å². The standard InChI is InChI=1S/C22H26N2O5/c1-11-17(16(10-25)23-29-11)14-9-15-18(13-8-6-7-12(13)14)24(20(27)28)22(4,5)19(26)21(15,2)3/h9,25H,6-8,10H2,1-5H3,(H,27,28). The predicted octanol–water partition coefficient (Wildman–Crippen LogP) is 3.75. The Labute approximate surface area is 169 Å². The molecule has 0 atom stereocenters. The van der Waals surface area contributed by atoms with Crippen LogP contribution in [-0.4, -0.2) is 32.8 Å². The first-order valence-corrected chi connectivity index (χ1v) is 9.87. The number of carboxylic acid groups (broad SMARTS) is 1. The SMILES string of the molecule is Cc1onc(CO)c1-c1cc2c(c3c1CCC3)N(C(=O)O)C(C)(C)C(=O)C2(C)C. The Morgan fingerprint density at radius 3 is 2.52 bits per heavy atom. The zero-order chi connectivity index (χ0) is 21.3. The average molecular weight is 398 g/mol.